The van der Waals surface area contributed by atoms with Crippen molar-refractivity contribution in [1.29, 1.82) is 0 Å². The molecule has 11 heteroatoms. The molecule has 4 rings (SSSR count). The molecule has 1 amide bonds. The third-order valence-corrected chi connectivity index (χ3v) is 13.0. The average Bonchev–Trinajstić information content (AvgIpc) is 3.25. The third-order valence-electron chi connectivity index (χ3n) is 7.60. The van der Waals surface area contributed by atoms with Crippen molar-refractivity contribution in [3.8, 4) is 0 Å². The molecular formula is C27H36BrClFN5O2Si. The zero-order valence-electron chi connectivity index (χ0n) is 22.6. The van der Waals surface area contributed by atoms with Crippen molar-refractivity contribution in [1.82, 2.24) is 15.3 Å². The highest BCUT2D eigenvalue weighted by atomic mass is 79.9. The number of carbonyl (C=O) groups is 1. The minimum absolute atomic E-state index is 0.0942. The Balaban J connectivity index is 1.48. The van der Waals surface area contributed by atoms with Crippen LogP contribution in [0.25, 0.3) is 11.0 Å². The normalized spacial score (nSPS) is 16.7. The zero-order chi connectivity index (χ0) is 27.7. The van der Waals surface area contributed by atoms with Crippen molar-refractivity contribution < 1.29 is 13.6 Å². The topological polar surface area (TPSA) is 82.3 Å². The first kappa shape index (κ1) is 29.0. The second-order valence-electron chi connectivity index (χ2n) is 11.3. The van der Waals surface area contributed by atoms with E-state index < -0.39 is 14.1 Å². The standard InChI is InChI=1S/C27H36BrClFN5O2Si/c1-27(2,3)38(4,5)37-12-10-31-18-7-6-11-35(16-18)24-19(28)14-32-25-23(24)22(15-33-25)34-26(36)17-8-9-21(30)20(29)13-17/h8-9,13-15,18,31H,6-7,10-12,16H2,1-5H3,(H,32,33)(H,34,36)/t18-/m1/s1. The maximum atomic E-state index is 13.6. The maximum absolute atomic E-state index is 13.6. The molecule has 2 aromatic heterocycles. The number of aromatic nitrogens is 2. The average molecular weight is 625 g/mol. The minimum atomic E-state index is -1.77. The van der Waals surface area contributed by atoms with E-state index in [2.05, 4.69) is 75.3 Å². The molecular weight excluding hydrogens is 589 g/mol. The third kappa shape index (κ3) is 6.42. The summed E-state index contributed by atoms with van der Waals surface area (Å²) in [6.07, 6.45) is 5.64. The van der Waals surface area contributed by atoms with Gasteiger partial charge in [-0.15, -0.1) is 0 Å². The van der Waals surface area contributed by atoms with E-state index >= 15 is 0 Å². The van der Waals surface area contributed by atoms with Gasteiger partial charge in [-0.2, -0.15) is 0 Å². The number of piperidine rings is 1. The SMILES string of the molecule is CC(C)(C)[Si](C)(C)OCCN[C@@H]1CCCN(c2c(Br)cnc3[nH]cc(NC(=O)c4ccc(F)c(Cl)c4)c23)C1. The summed E-state index contributed by atoms with van der Waals surface area (Å²) in [4.78, 5) is 23.0. The quantitative estimate of drug-likeness (QED) is 0.187. The fourth-order valence-electron chi connectivity index (χ4n) is 4.43. The Hall–Kier alpha value is -1.98. The summed E-state index contributed by atoms with van der Waals surface area (Å²) in [5.41, 5.74) is 2.53. The summed E-state index contributed by atoms with van der Waals surface area (Å²) < 4.78 is 20.8. The maximum Gasteiger partial charge on any atom is 0.255 e. The molecule has 0 bridgehead atoms. The summed E-state index contributed by atoms with van der Waals surface area (Å²) in [5, 5.41) is 7.56. The molecule has 1 aliphatic heterocycles. The van der Waals surface area contributed by atoms with Crippen molar-refractivity contribution in [2.24, 2.45) is 0 Å². The molecule has 1 saturated heterocycles. The fraction of sp³-hybridized carbons (Fsp3) is 0.481. The number of anilines is 2. The number of halogens is 3. The van der Waals surface area contributed by atoms with Crippen molar-refractivity contribution >= 4 is 64.2 Å². The lowest BCUT2D eigenvalue weighted by atomic mass is 10.0. The Kier molecular flexibility index (Phi) is 8.88. The summed E-state index contributed by atoms with van der Waals surface area (Å²) in [6, 6.07) is 4.25. The summed E-state index contributed by atoms with van der Waals surface area (Å²) >= 11 is 9.59. The lowest BCUT2D eigenvalue weighted by molar-refractivity contribution is 0.102. The molecule has 7 nitrogen and oxygen atoms in total. The van der Waals surface area contributed by atoms with E-state index in [-0.39, 0.29) is 21.5 Å². The first-order valence-electron chi connectivity index (χ1n) is 12.9. The van der Waals surface area contributed by atoms with Gasteiger partial charge in [0.15, 0.2) is 8.32 Å². The first-order chi connectivity index (χ1) is 17.9. The van der Waals surface area contributed by atoms with Crippen LogP contribution >= 0.6 is 27.5 Å². The van der Waals surface area contributed by atoms with Crippen LogP contribution in [0.2, 0.25) is 23.2 Å². The monoisotopic (exact) mass is 623 g/mol. The van der Waals surface area contributed by atoms with Crippen LogP contribution in [0.15, 0.2) is 35.1 Å². The van der Waals surface area contributed by atoms with Gasteiger partial charge in [-0.1, -0.05) is 32.4 Å². The number of nitrogens with one attached hydrogen (secondary N) is 3. The number of hydrogen-bond donors (Lipinski definition) is 3. The molecule has 0 saturated carbocycles. The molecule has 206 valence electrons. The van der Waals surface area contributed by atoms with Crippen LogP contribution in [0.1, 0.15) is 44.0 Å². The molecule has 1 aromatic carbocycles. The van der Waals surface area contributed by atoms with Crippen molar-refractivity contribution in [3.63, 3.8) is 0 Å². The molecule has 1 atom stereocenters. The predicted molar refractivity (Wildman–Crippen MR) is 160 cm³/mol. The van der Waals surface area contributed by atoms with Gasteiger partial charge in [0.05, 0.1) is 26.3 Å². The van der Waals surface area contributed by atoms with Gasteiger partial charge in [0.25, 0.3) is 5.91 Å². The van der Waals surface area contributed by atoms with Crippen molar-refractivity contribution in [3.05, 3.63) is 51.5 Å². The first-order valence-corrected chi connectivity index (χ1v) is 17.0. The molecule has 38 heavy (non-hydrogen) atoms. The fourth-order valence-corrected chi connectivity index (χ4v) is 6.21. The number of nitrogens with zero attached hydrogens (tertiary/aromatic N) is 2. The van der Waals surface area contributed by atoms with Gasteiger partial charge in [0.2, 0.25) is 0 Å². The molecule has 3 heterocycles. The van der Waals surface area contributed by atoms with Gasteiger partial charge >= 0.3 is 0 Å². The lowest BCUT2D eigenvalue weighted by Gasteiger charge is -2.37. The Labute approximate surface area is 238 Å². The zero-order valence-corrected chi connectivity index (χ0v) is 25.9. The Morgan fingerprint density at radius 3 is 2.84 bits per heavy atom. The number of rotatable bonds is 8. The van der Waals surface area contributed by atoms with E-state index in [9.17, 15) is 9.18 Å². The van der Waals surface area contributed by atoms with Crippen LogP contribution in [-0.4, -0.2) is 56.5 Å². The lowest BCUT2D eigenvalue weighted by Crippen LogP contribution is -2.48. The molecule has 3 aromatic rings. The van der Waals surface area contributed by atoms with Gasteiger partial charge in [-0.25, -0.2) is 9.37 Å². The Morgan fingerprint density at radius 2 is 2.13 bits per heavy atom. The number of amides is 1. The number of H-pyrrole nitrogens is 1. The van der Waals surface area contributed by atoms with E-state index in [1.807, 2.05) is 0 Å². The Morgan fingerprint density at radius 1 is 1.37 bits per heavy atom. The van der Waals surface area contributed by atoms with Gasteiger partial charge in [0.1, 0.15) is 11.5 Å². The molecule has 1 fully saturated rings. The molecule has 0 unspecified atom stereocenters. The predicted octanol–water partition coefficient (Wildman–Crippen LogP) is 6.95. The van der Waals surface area contributed by atoms with Crippen LogP contribution < -0.4 is 15.5 Å². The van der Waals surface area contributed by atoms with Crippen molar-refractivity contribution in [2.75, 3.05) is 36.5 Å². The number of aromatic amines is 1. The second-order valence-corrected chi connectivity index (χ2v) is 17.4. The Bertz CT molecular complexity index is 1310. The molecule has 0 spiro atoms. The van der Waals surface area contributed by atoms with E-state index in [0.29, 0.717) is 24.0 Å². The highest BCUT2D eigenvalue weighted by Crippen LogP contribution is 2.39. The van der Waals surface area contributed by atoms with E-state index in [1.54, 1.807) is 12.4 Å². The largest absolute Gasteiger partial charge is 0.416 e. The van der Waals surface area contributed by atoms with Crippen LogP contribution in [0.4, 0.5) is 15.8 Å². The molecule has 0 radical (unpaired) electrons. The molecule has 3 N–H and O–H groups in total. The summed E-state index contributed by atoms with van der Waals surface area (Å²) in [5.74, 6) is -0.941. The van der Waals surface area contributed by atoms with Gasteiger partial charge in [0, 0.05) is 50.2 Å². The smallest absolute Gasteiger partial charge is 0.255 e. The highest BCUT2D eigenvalue weighted by molar-refractivity contribution is 9.10. The summed E-state index contributed by atoms with van der Waals surface area (Å²) in [7, 11) is -1.77. The molecule has 1 aliphatic rings. The van der Waals surface area contributed by atoms with E-state index in [1.165, 1.54) is 18.2 Å². The van der Waals surface area contributed by atoms with Crippen LogP contribution in [0.3, 0.4) is 0 Å². The number of hydrogen-bond acceptors (Lipinski definition) is 5. The number of carbonyl (C=O) groups excluding carboxylic acids is 1. The van der Waals surface area contributed by atoms with Gasteiger partial charge < -0.3 is 24.9 Å². The van der Waals surface area contributed by atoms with E-state index in [0.717, 1.165) is 48.0 Å². The van der Waals surface area contributed by atoms with Crippen LogP contribution in [0.5, 0.6) is 0 Å². The second kappa shape index (κ2) is 11.6. The number of pyridine rings is 1. The van der Waals surface area contributed by atoms with Gasteiger partial charge in [-0.3, -0.25) is 4.79 Å². The summed E-state index contributed by atoms with van der Waals surface area (Å²) in [6.45, 7) is 14.6. The number of benzene rings is 1. The van der Waals surface area contributed by atoms with Gasteiger partial charge in [-0.05, 0) is 65.1 Å². The number of fused-ring (bicyclic) bond motifs is 1. The van der Waals surface area contributed by atoms with Crippen molar-refractivity contribution in [2.45, 2.75) is 57.8 Å². The minimum Gasteiger partial charge on any atom is -0.416 e. The van der Waals surface area contributed by atoms with E-state index in [4.69, 9.17) is 16.0 Å². The molecule has 0 aliphatic carbocycles. The highest BCUT2D eigenvalue weighted by Gasteiger charge is 2.37. The van der Waals surface area contributed by atoms with Crippen LogP contribution in [-0.2, 0) is 4.43 Å². The van der Waals surface area contributed by atoms with Crippen LogP contribution in [0, 0.1) is 5.82 Å².